The van der Waals surface area contributed by atoms with E-state index in [1.54, 1.807) is 0 Å². The average Bonchev–Trinajstić information content (AvgIpc) is 2.96. The van der Waals surface area contributed by atoms with Gasteiger partial charge in [-0.2, -0.15) is 0 Å². The second-order valence-corrected chi connectivity index (χ2v) is 12.7. The minimum atomic E-state index is -0.263. The molecule has 2 aliphatic heterocycles. The Hall–Kier alpha value is -3.56. The summed E-state index contributed by atoms with van der Waals surface area (Å²) in [5.74, 6) is 0.841. The molecule has 1 saturated heterocycles. The minimum Gasteiger partial charge on any atom is -0.389 e. The van der Waals surface area contributed by atoms with Crippen molar-refractivity contribution in [1.29, 1.82) is 0 Å². The van der Waals surface area contributed by atoms with Crippen LogP contribution in [-0.2, 0) is 6.54 Å². The molecule has 0 bridgehead atoms. The number of H-pyrrole nitrogens is 1. The van der Waals surface area contributed by atoms with Crippen LogP contribution in [0.25, 0.3) is 5.57 Å². The van der Waals surface area contributed by atoms with E-state index in [0.29, 0.717) is 42.8 Å². The van der Waals surface area contributed by atoms with Crippen LogP contribution in [0.2, 0.25) is 0 Å². The molecular formula is C34H48N6O3. The summed E-state index contributed by atoms with van der Waals surface area (Å²) in [4.78, 5) is 36.3. The predicted molar refractivity (Wildman–Crippen MR) is 173 cm³/mol. The molecule has 1 aliphatic carbocycles. The Morgan fingerprint density at radius 2 is 1.74 bits per heavy atom. The Labute approximate surface area is 255 Å². The Kier molecular flexibility index (Phi) is 9.32. The van der Waals surface area contributed by atoms with Crippen LogP contribution < -0.4 is 21.1 Å². The molecule has 4 N–H and O–H groups in total. The Morgan fingerprint density at radius 1 is 1.05 bits per heavy atom. The molecule has 0 radical (unpaired) electrons. The van der Waals surface area contributed by atoms with Crippen LogP contribution in [0.15, 0.2) is 41.0 Å². The van der Waals surface area contributed by atoms with Gasteiger partial charge in [-0.3, -0.25) is 9.59 Å². The van der Waals surface area contributed by atoms with Crippen molar-refractivity contribution in [2.75, 3.05) is 45.2 Å². The van der Waals surface area contributed by atoms with Crippen LogP contribution in [0.5, 0.6) is 0 Å². The summed E-state index contributed by atoms with van der Waals surface area (Å²) in [6.45, 7) is 11.0. The summed E-state index contributed by atoms with van der Waals surface area (Å²) in [6, 6.07) is 7.22. The van der Waals surface area contributed by atoms with Gasteiger partial charge in [0.05, 0.1) is 6.10 Å². The number of aliphatic hydroxyl groups excluding tert-OH is 1. The maximum atomic E-state index is 13.8. The van der Waals surface area contributed by atoms with Crippen molar-refractivity contribution in [1.82, 2.24) is 25.4 Å². The summed E-state index contributed by atoms with van der Waals surface area (Å²) < 4.78 is 0. The molecule has 1 aromatic heterocycles. The van der Waals surface area contributed by atoms with E-state index >= 15 is 0 Å². The molecule has 3 aliphatic rings. The first-order valence-electron chi connectivity index (χ1n) is 15.7. The first-order chi connectivity index (χ1) is 20.5. The molecular weight excluding hydrogens is 540 g/mol. The number of carbonyl (C=O) groups excluding carboxylic acids is 1. The van der Waals surface area contributed by atoms with Gasteiger partial charge in [0.1, 0.15) is 5.82 Å². The molecule has 0 atom stereocenters. The molecule has 9 heteroatoms. The molecule has 2 fully saturated rings. The highest BCUT2D eigenvalue weighted by molar-refractivity contribution is 5.98. The van der Waals surface area contributed by atoms with Gasteiger partial charge < -0.3 is 35.4 Å². The number of pyridine rings is 1. The fourth-order valence-corrected chi connectivity index (χ4v) is 6.85. The number of benzene rings is 1. The number of hydrogen-bond donors (Lipinski definition) is 4. The maximum absolute atomic E-state index is 13.8. The summed E-state index contributed by atoms with van der Waals surface area (Å²) in [6.07, 6.45) is 8.50. The number of aromatic nitrogens is 1. The Balaban J connectivity index is 1.47. The van der Waals surface area contributed by atoms with E-state index in [1.165, 1.54) is 12.8 Å². The van der Waals surface area contributed by atoms with Gasteiger partial charge in [-0.1, -0.05) is 6.08 Å². The van der Waals surface area contributed by atoms with Gasteiger partial charge >= 0.3 is 0 Å². The third kappa shape index (κ3) is 6.68. The molecule has 232 valence electrons. The summed E-state index contributed by atoms with van der Waals surface area (Å²) in [5, 5.41) is 16.3. The molecule has 9 nitrogen and oxygen atoms in total. The highest BCUT2D eigenvalue weighted by Crippen LogP contribution is 2.35. The van der Waals surface area contributed by atoms with Gasteiger partial charge in [-0.15, -0.1) is 0 Å². The van der Waals surface area contributed by atoms with Crippen molar-refractivity contribution < 1.29 is 9.90 Å². The number of likely N-dealkylation sites (tertiary alicyclic amines) is 1. The molecule has 2 aromatic rings. The third-order valence-corrected chi connectivity index (χ3v) is 9.51. The topological polar surface area (TPSA) is 104 Å². The normalized spacial score (nSPS) is 20.7. The first kappa shape index (κ1) is 30.9. The molecule has 1 saturated carbocycles. The molecule has 0 spiro atoms. The lowest BCUT2D eigenvalue weighted by Crippen LogP contribution is -2.52. The summed E-state index contributed by atoms with van der Waals surface area (Å²) in [5.41, 5.74) is 6.91. The lowest BCUT2D eigenvalue weighted by atomic mass is 9.88. The number of β-amino-alcohol motifs (C(OH)–C–C–N with tert-alkyl or cyclic N) is 1. The Morgan fingerprint density at radius 3 is 2.33 bits per heavy atom. The number of aryl methyl sites for hydroxylation is 2. The van der Waals surface area contributed by atoms with Gasteiger partial charge in [-0.25, -0.2) is 0 Å². The minimum absolute atomic E-state index is 0.162. The second kappa shape index (κ2) is 13.0. The number of anilines is 1. The number of nitrogens with zero attached hydrogens (tertiary/aromatic N) is 3. The number of nitrogens with one attached hydrogen (secondary N) is 3. The Bertz CT molecular complexity index is 1460. The van der Waals surface area contributed by atoms with Gasteiger partial charge in [0.25, 0.3) is 11.5 Å². The molecule has 1 amide bonds. The number of aromatic amines is 1. The van der Waals surface area contributed by atoms with E-state index in [2.05, 4.69) is 69.6 Å². The van der Waals surface area contributed by atoms with E-state index < -0.39 is 0 Å². The van der Waals surface area contributed by atoms with Crippen LogP contribution >= 0.6 is 0 Å². The standard InChI is InChI=1S/C34H48N6O3/c1-7-40(27-11-9-26(10-12-27)38(5)6)31-16-25(24-8-13-32(35-17-24)39-19-28(41)20-39)15-29(23(31)4)33(42)36-18-30-21(2)14-22(3)37-34(30)43/h8,13-16,26-28,35,41H,7,9-12,17-20H2,1-6H3,(H,36,42)(H,37,43). The highest BCUT2D eigenvalue weighted by atomic mass is 16.3. The highest BCUT2D eigenvalue weighted by Gasteiger charge is 2.30. The zero-order valence-corrected chi connectivity index (χ0v) is 26.6. The van der Waals surface area contributed by atoms with Gasteiger partial charge in [0.15, 0.2) is 0 Å². The lowest BCUT2D eigenvalue weighted by Gasteiger charge is -2.41. The third-order valence-electron chi connectivity index (χ3n) is 9.51. The van der Waals surface area contributed by atoms with Crippen LogP contribution in [0.4, 0.5) is 5.69 Å². The van der Waals surface area contributed by atoms with Crippen LogP contribution in [0.1, 0.15) is 70.9 Å². The van der Waals surface area contributed by atoms with Crippen molar-refractivity contribution in [2.45, 2.75) is 78.1 Å². The van der Waals surface area contributed by atoms with E-state index in [0.717, 1.165) is 58.9 Å². The van der Waals surface area contributed by atoms with Gasteiger partial charge in [0.2, 0.25) is 0 Å². The number of allylic oxidation sites excluding steroid dienone is 2. The van der Waals surface area contributed by atoms with E-state index in [1.807, 2.05) is 32.9 Å². The van der Waals surface area contributed by atoms with Crippen molar-refractivity contribution >= 4 is 17.2 Å². The number of rotatable bonds is 9. The van der Waals surface area contributed by atoms with Crippen LogP contribution in [0, 0.1) is 20.8 Å². The number of hydrogen-bond acceptors (Lipinski definition) is 7. The van der Waals surface area contributed by atoms with E-state index in [-0.39, 0.29) is 24.1 Å². The lowest BCUT2D eigenvalue weighted by molar-refractivity contribution is 0.0203. The van der Waals surface area contributed by atoms with Crippen LogP contribution in [0.3, 0.4) is 0 Å². The smallest absolute Gasteiger partial charge is 0.253 e. The SMILES string of the molecule is CCN(c1cc(C2=CC=C(N3CC(O)C3)NC2)cc(C(=O)NCc2c(C)cc(C)[nH]c2=O)c1C)C1CCC(N(C)C)CC1. The zero-order chi connectivity index (χ0) is 30.8. The number of aliphatic hydroxyl groups is 1. The zero-order valence-electron chi connectivity index (χ0n) is 26.6. The molecule has 5 rings (SSSR count). The molecule has 1 aromatic carbocycles. The summed E-state index contributed by atoms with van der Waals surface area (Å²) >= 11 is 0. The van der Waals surface area contributed by atoms with Gasteiger partial charge in [-0.05, 0) is 114 Å². The fraction of sp³-hybridized carbons (Fsp3) is 0.529. The largest absolute Gasteiger partial charge is 0.389 e. The molecule has 43 heavy (non-hydrogen) atoms. The van der Waals surface area contributed by atoms with E-state index in [9.17, 15) is 14.7 Å². The quantitative estimate of drug-likeness (QED) is 0.356. The maximum Gasteiger partial charge on any atom is 0.253 e. The van der Waals surface area contributed by atoms with E-state index in [4.69, 9.17) is 0 Å². The monoisotopic (exact) mass is 588 g/mol. The first-order valence-corrected chi connectivity index (χ1v) is 15.7. The summed E-state index contributed by atoms with van der Waals surface area (Å²) in [7, 11) is 4.34. The van der Waals surface area contributed by atoms with Crippen molar-refractivity contribution in [3.63, 3.8) is 0 Å². The number of amides is 1. The van der Waals surface area contributed by atoms with Crippen LogP contribution in [-0.4, -0.2) is 84.3 Å². The number of carbonyl (C=O) groups is 1. The van der Waals surface area contributed by atoms with Gasteiger partial charge in [0, 0.05) is 67.3 Å². The molecule has 0 unspecified atom stereocenters. The van der Waals surface area contributed by atoms with Crippen molar-refractivity contribution in [3.05, 3.63) is 80.0 Å². The molecule has 3 heterocycles. The fourth-order valence-electron chi connectivity index (χ4n) is 6.85. The average molecular weight is 589 g/mol. The van der Waals surface area contributed by atoms with Crippen molar-refractivity contribution in [3.8, 4) is 0 Å². The number of dihydropyridines is 1. The van der Waals surface area contributed by atoms with Crippen molar-refractivity contribution in [2.24, 2.45) is 0 Å². The predicted octanol–water partition coefficient (Wildman–Crippen LogP) is 3.43. The second-order valence-electron chi connectivity index (χ2n) is 12.7.